The lowest BCUT2D eigenvalue weighted by Gasteiger charge is -2.36. The summed E-state index contributed by atoms with van der Waals surface area (Å²) in [5, 5.41) is 0. The number of para-hydroxylation sites is 1. The third-order valence-corrected chi connectivity index (χ3v) is 3.83. The molecule has 2 N–H and O–H groups in total. The predicted octanol–water partition coefficient (Wildman–Crippen LogP) is 1.94. The van der Waals surface area contributed by atoms with Crippen LogP contribution in [0.5, 0.6) is 0 Å². The maximum absolute atomic E-state index is 5.97. The van der Waals surface area contributed by atoms with E-state index in [2.05, 4.69) is 47.1 Å². The van der Waals surface area contributed by atoms with Crippen LogP contribution in [0.25, 0.3) is 0 Å². The van der Waals surface area contributed by atoms with Gasteiger partial charge >= 0.3 is 0 Å². The standard InChI is InChI=1S/C15H25N3/c1-2-14(16)8-9-17-10-12-18(13-11-17)15-6-4-3-5-7-15/h3-7,14H,2,8-13,16H2,1H3. The Kier molecular flexibility index (Phi) is 5.02. The van der Waals surface area contributed by atoms with Gasteiger partial charge in [-0.1, -0.05) is 25.1 Å². The molecule has 1 unspecified atom stereocenters. The van der Waals surface area contributed by atoms with E-state index in [4.69, 9.17) is 5.73 Å². The van der Waals surface area contributed by atoms with Crippen molar-refractivity contribution >= 4 is 5.69 Å². The number of hydrogen-bond donors (Lipinski definition) is 1. The Balaban J connectivity index is 1.75. The second kappa shape index (κ2) is 6.76. The van der Waals surface area contributed by atoms with Gasteiger partial charge in [-0.05, 0) is 31.5 Å². The smallest absolute Gasteiger partial charge is 0.0367 e. The molecule has 3 nitrogen and oxygen atoms in total. The van der Waals surface area contributed by atoms with E-state index in [0.29, 0.717) is 6.04 Å². The summed E-state index contributed by atoms with van der Waals surface area (Å²) < 4.78 is 0. The topological polar surface area (TPSA) is 32.5 Å². The Morgan fingerprint density at radius 2 is 1.78 bits per heavy atom. The van der Waals surface area contributed by atoms with Crippen LogP contribution in [0.15, 0.2) is 30.3 Å². The zero-order valence-electron chi connectivity index (χ0n) is 11.4. The molecular weight excluding hydrogens is 222 g/mol. The van der Waals surface area contributed by atoms with E-state index >= 15 is 0 Å². The SMILES string of the molecule is CCC(N)CCN1CCN(c2ccccc2)CC1. The first-order valence-electron chi connectivity index (χ1n) is 7.07. The Hall–Kier alpha value is -1.06. The van der Waals surface area contributed by atoms with Gasteiger partial charge in [0.25, 0.3) is 0 Å². The minimum absolute atomic E-state index is 0.372. The van der Waals surface area contributed by atoms with Crippen molar-refractivity contribution < 1.29 is 0 Å². The quantitative estimate of drug-likeness (QED) is 0.863. The highest BCUT2D eigenvalue weighted by atomic mass is 15.3. The Bertz CT molecular complexity index is 331. The van der Waals surface area contributed by atoms with Gasteiger partial charge in [-0.2, -0.15) is 0 Å². The van der Waals surface area contributed by atoms with Crippen molar-refractivity contribution in [2.45, 2.75) is 25.8 Å². The van der Waals surface area contributed by atoms with E-state index in [-0.39, 0.29) is 0 Å². The molecule has 0 aromatic heterocycles. The molecule has 1 fully saturated rings. The molecular formula is C15H25N3. The van der Waals surface area contributed by atoms with Gasteiger partial charge in [-0.25, -0.2) is 0 Å². The molecule has 1 atom stereocenters. The summed E-state index contributed by atoms with van der Waals surface area (Å²) in [5.41, 5.74) is 7.32. The molecule has 0 bridgehead atoms. The largest absolute Gasteiger partial charge is 0.369 e. The van der Waals surface area contributed by atoms with Crippen molar-refractivity contribution in [3.8, 4) is 0 Å². The van der Waals surface area contributed by atoms with Crippen molar-refractivity contribution in [1.29, 1.82) is 0 Å². The molecule has 0 radical (unpaired) electrons. The minimum atomic E-state index is 0.372. The number of benzene rings is 1. The first kappa shape index (κ1) is 13.4. The molecule has 2 rings (SSSR count). The molecule has 0 aliphatic carbocycles. The first-order chi connectivity index (χ1) is 8.79. The third-order valence-electron chi connectivity index (χ3n) is 3.83. The molecule has 1 heterocycles. The fraction of sp³-hybridized carbons (Fsp3) is 0.600. The Labute approximate surface area is 111 Å². The van der Waals surface area contributed by atoms with E-state index in [1.54, 1.807) is 0 Å². The second-order valence-corrected chi connectivity index (χ2v) is 5.12. The fourth-order valence-corrected chi connectivity index (χ4v) is 2.42. The minimum Gasteiger partial charge on any atom is -0.369 e. The molecule has 0 amide bonds. The van der Waals surface area contributed by atoms with E-state index < -0.39 is 0 Å². The number of nitrogens with two attached hydrogens (primary N) is 1. The van der Waals surface area contributed by atoms with Crippen LogP contribution in [-0.2, 0) is 0 Å². The highest BCUT2D eigenvalue weighted by molar-refractivity contribution is 5.46. The predicted molar refractivity (Wildman–Crippen MR) is 78.0 cm³/mol. The Morgan fingerprint density at radius 3 is 2.39 bits per heavy atom. The maximum atomic E-state index is 5.97. The summed E-state index contributed by atoms with van der Waals surface area (Å²) in [4.78, 5) is 5.01. The van der Waals surface area contributed by atoms with Gasteiger partial charge in [0.05, 0.1) is 0 Å². The van der Waals surface area contributed by atoms with Gasteiger partial charge < -0.3 is 10.6 Å². The molecule has 0 spiro atoms. The molecule has 1 aliphatic rings. The fourth-order valence-electron chi connectivity index (χ4n) is 2.42. The van der Waals surface area contributed by atoms with Gasteiger partial charge in [0.1, 0.15) is 0 Å². The first-order valence-corrected chi connectivity index (χ1v) is 7.07. The van der Waals surface area contributed by atoms with Gasteiger partial charge in [-0.3, -0.25) is 4.90 Å². The number of nitrogens with zero attached hydrogens (tertiary/aromatic N) is 2. The van der Waals surface area contributed by atoms with Crippen molar-refractivity contribution in [2.24, 2.45) is 5.73 Å². The average molecular weight is 247 g/mol. The lowest BCUT2D eigenvalue weighted by atomic mass is 10.1. The molecule has 100 valence electrons. The number of hydrogen-bond acceptors (Lipinski definition) is 3. The highest BCUT2D eigenvalue weighted by Gasteiger charge is 2.16. The van der Waals surface area contributed by atoms with Crippen molar-refractivity contribution in [1.82, 2.24) is 4.90 Å². The summed E-state index contributed by atoms with van der Waals surface area (Å²) in [5.74, 6) is 0. The van der Waals surface area contributed by atoms with Crippen LogP contribution < -0.4 is 10.6 Å². The van der Waals surface area contributed by atoms with Gasteiger partial charge in [0.2, 0.25) is 0 Å². The molecule has 0 saturated carbocycles. The zero-order chi connectivity index (χ0) is 12.8. The molecule has 1 aromatic carbocycles. The monoisotopic (exact) mass is 247 g/mol. The summed E-state index contributed by atoms with van der Waals surface area (Å²) in [6.07, 6.45) is 2.21. The maximum Gasteiger partial charge on any atom is 0.0367 e. The lowest BCUT2D eigenvalue weighted by Crippen LogP contribution is -2.47. The summed E-state index contributed by atoms with van der Waals surface area (Å²) >= 11 is 0. The van der Waals surface area contributed by atoms with E-state index in [9.17, 15) is 0 Å². The van der Waals surface area contributed by atoms with E-state index in [0.717, 1.165) is 45.6 Å². The Morgan fingerprint density at radius 1 is 1.11 bits per heavy atom. The normalized spacial score (nSPS) is 18.9. The van der Waals surface area contributed by atoms with Crippen LogP contribution >= 0.6 is 0 Å². The lowest BCUT2D eigenvalue weighted by molar-refractivity contribution is 0.247. The van der Waals surface area contributed by atoms with Crippen molar-refractivity contribution in [3.05, 3.63) is 30.3 Å². The van der Waals surface area contributed by atoms with Crippen LogP contribution in [0.2, 0.25) is 0 Å². The second-order valence-electron chi connectivity index (χ2n) is 5.12. The van der Waals surface area contributed by atoms with Crippen LogP contribution in [0.3, 0.4) is 0 Å². The van der Waals surface area contributed by atoms with Crippen molar-refractivity contribution in [2.75, 3.05) is 37.6 Å². The number of rotatable bonds is 5. The van der Waals surface area contributed by atoms with Crippen LogP contribution in [-0.4, -0.2) is 43.7 Å². The third kappa shape index (κ3) is 3.72. The molecule has 18 heavy (non-hydrogen) atoms. The highest BCUT2D eigenvalue weighted by Crippen LogP contribution is 2.15. The van der Waals surface area contributed by atoms with Gasteiger partial charge in [0.15, 0.2) is 0 Å². The van der Waals surface area contributed by atoms with E-state index in [1.807, 2.05) is 0 Å². The van der Waals surface area contributed by atoms with Gasteiger partial charge in [-0.15, -0.1) is 0 Å². The van der Waals surface area contributed by atoms with Crippen molar-refractivity contribution in [3.63, 3.8) is 0 Å². The van der Waals surface area contributed by atoms with Crippen LogP contribution in [0, 0.1) is 0 Å². The van der Waals surface area contributed by atoms with Crippen LogP contribution in [0.4, 0.5) is 5.69 Å². The molecule has 1 saturated heterocycles. The van der Waals surface area contributed by atoms with E-state index in [1.165, 1.54) is 5.69 Å². The van der Waals surface area contributed by atoms with Gasteiger partial charge in [0, 0.05) is 37.9 Å². The summed E-state index contributed by atoms with van der Waals surface area (Å²) in [7, 11) is 0. The zero-order valence-corrected chi connectivity index (χ0v) is 11.4. The molecule has 1 aliphatic heterocycles. The number of anilines is 1. The summed E-state index contributed by atoms with van der Waals surface area (Å²) in [6.45, 7) is 7.89. The number of piperazine rings is 1. The molecule has 1 aromatic rings. The summed E-state index contributed by atoms with van der Waals surface area (Å²) in [6, 6.07) is 11.1. The molecule has 3 heteroatoms. The van der Waals surface area contributed by atoms with Crippen LogP contribution in [0.1, 0.15) is 19.8 Å². The average Bonchev–Trinajstić information content (AvgIpc) is 2.46.